The average molecular weight is 447 g/mol. The zero-order valence-corrected chi connectivity index (χ0v) is 18.9. The summed E-state index contributed by atoms with van der Waals surface area (Å²) in [6, 6.07) is 17.7. The van der Waals surface area contributed by atoms with Gasteiger partial charge in [-0.15, -0.1) is 11.3 Å². The van der Waals surface area contributed by atoms with Crippen molar-refractivity contribution in [1.29, 1.82) is 0 Å². The topological polar surface area (TPSA) is 50.1 Å². The Morgan fingerprint density at radius 2 is 1.91 bits per heavy atom. The van der Waals surface area contributed by atoms with Gasteiger partial charge in [-0.25, -0.2) is 4.98 Å². The molecular formula is C25H26N4O2S. The SMILES string of the molecule is CN1CCCN(C(=O)c2cc(-c3csc(COc4ccccc4)n3)n3ccccc23)CC1. The van der Waals surface area contributed by atoms with Crippen molar-refractivity contribution in [3.05, 3.63) is 76.7 Å². The number of carbonyl (C=O) groups excluding carboxylic acids is 1. The van der Waals surface area contributed by atoms with E-state index in [0.29, 0.717) is 6.61 Å². The molecule has 4 heterocycles. The number of fused-ring (bicyclic) bond motifs is 1. The van der Waals surface area contributed by atoms with Gasteiger partial charge >= 0.3 is 0 Å². The zero-order chi connectivity index (χ0) is 21.9. The van der Waals surface area contributed by atoms with E-state index in [4.69, 9.17) is 9.72 Å². The number of likely N-dealkylation sites (N-methyl/N-ethyl adjacent to an activating group) is 1. The second-order valence-corrected chi connectivity index (χ2v) is 9.02. The molecule has 5 rings (SSSR count). The number of amides is 1. The molecule has 1 aliphatic heterocycles. The maximum Gasteiger partial charge on any atom is 0.256 e. The van der Waals surface area contributed by atoms with Crippen molar-refractivity contribution in [3.8, 4) is 17.1 Å². The van der Waals surface area contributed by atoms with Crippen molar-refractivity contribution < 1.29 is 9.53 Å². The summed E-state index contributed by atoms with van der Waals surface area (Å²) in [7, 11) is 2.11. The highest BCUT2D eigenvalue weighted by Gasteiger charge is 2.24. The van der Waals surface area contributed by atoms with Crippen molar-refractivity contribution >= 4 is 22.8 Å². The molecule has 3 aromatic heterocycles. The zero-order valence-electron chi connectivity index (χ0n) is 18.1. The fourth-order valence-electron chi connectivity index (χ4n) is 4.10. The molecule has 1 aliphatic rings. The average Bonchev–Trinajstić information content (AvgIpc) is 3.38. The molecule has 1 fully saturated rings. The Bertz CT molecular complexity index is 1220. The summed E-state index contributed by atoms with van der Waals surface area (Å²) in [6.07, 6.45) is 2.99. The number of carbonyl (C=O) groups is 1. The number of hydrogen-bond acceptors (Lipinski definition) is 5. The van der Waals surface area contributed by atoms with E-state index in [2.05, 4.69) is 16.3 Å². The minimum atomic E-state index is 0.0955. The third-order valence-electron chi connectivity index (χ3n) is 5.83. The van der Waals surface area contributed by atoms with Crippen LogP contribution < -0.4 is 4.74 Å². The first-order valence-electron chi connectivity index (χ1n) is 10.9. The lowest BCUT2D eigenvalue weighted by molar-refractivity contribution is 0.0765. The Hall–Kier alpha value is -3.16. The summed E-state index contributed by atoms with van der Waals surface area (Å²) >= 11 is 1.57. The highest BCUT2D eigenvalue weighted by atomic mass is 32.1. The van der Waals surface area contributed by atoms with Crippen LogP contribution in [0.25, 0.3) is 16.9 Å². The van der Waals surface area contributed by atoms with Gasteiger partial charge in [0.05, 0.1) is 22.5 Å². The number of thiazole rings is 1. The van der Waals surface area contributed by atoms with E-state index >= 15 is 0 Å². The van der Waals surface area contributed by atoms with Gasteiger partial charge in [-0.1, -0.05) is 24.3 Å². The Labute approximate surface area is 191 Å². The Kier molecular flexibility index (Phi) is 5.92. The predicted octanol–water partition coefficient (Wildman–Crippen LogP) is 4.42. The van der Waals surface area contributed by atoms with Crippen LogP contribution in [0.3, 0.4) is 0 Å². The molecule has 0 atom stereocenters. The first-order valence-corrected chi connectivity index (χ1v) is 11.8. The Balaban J connectivity index is 1.42. The van der Waals surface area contributed by atoms with E-state index in [-0.39, 0.29) is 5.91 Å². The molecule has 164 valence electrons. The lowest BCUT2D eigenvalue weighted by Crippen LogP contribution is -2.34. The molecule has 1 aromatic carbocycles. The van der Waals surface area contributed by atoms with E-state index in [1.165, 1.54) is 0 Å². The minimum Gasteiger partial charge on any atom is -0.486 e. The van der Waals surface area contributed by atoms with Gasteiger partial charge in [-0.3, -0.25) is 4.79 Å². The maximum atomic E-state index is 13.4. The van der Waals surface area contributed by atoms with Gasteiger partial charge in [0, 0.05) is 31.2 Å². The molecule has 32 heavy (non-hydrogen) atoms. The van der Waals surface area contributed by atoms with Crippen LogP contribution in [0.15, 0.2) is 66.2 Å². The summed E-state index contributed by atoms with van der Waals surface area (Å²) in [5, 5.41) is 2.94. The summed E-state index contributed by atoms with van der Waals surface area (Å²) in [5.41, 5.74) is 3.44. The van der Waals surface area contributed by atoms with Crippen molar-refractivity contribution in [2.45, 2.75) is 13.0 Å². The fourth-order valence-corrected chi connectivity index (χ4v) is 4.80. The normalized spacial score (nSPS) is 15.1. The molecule has 4 aromatic rings. The van der Waals surface area contributed by atoms with Gasteiger partial charge in [0.25, 0.3) is 5.91 Å². The second kappa shape index (κ2) is 9.14. The molecule has 0 saturated carbocycles. The van der Waals surface area contributed by atoms with Crippen molar-refractivity contribution in [2.75, 3.05) is 33.2 Å². The monoisotopic (exact) mass is 446 g/mol. The van der Waals surface area contributed by atoms with E-state index in [1.807, 2.05) is 71.1 Å². The summed E-state index contributed by atoms with van der Waals surface area (Å²) in [6.45, 7) is 3.90. The number of rotatable bonds is 5. The van der Waals surface area contributed by atoms with E-state index in [1.54, 1.807) is 11.3 Å². The molecule has 0 unspecified atom stereocenters. The lowest BCUT2D eigenvalue weighted by Gasteiger charge is -2.20. The van der Waals surface area contributed by atoms with Crippen LogP contribution in [0.5, 0.6) is 5.75 Å². The molecular weight excluding hydrogens is 420 g/mol. The predicted molar refractivity (Wildman–Crippen MR) is 127 cm³/mol. The Morgan fingerprint density at radius 1 is 1.06 bits per heavy atom. The van der Waals surface area contributed by atoms with Crippen LogP contribution in [0.4, 0.5) is 0 Å². The molecule has 0 bridgehead atoms. The van der Waals surface area contributed by atoms with E-state index in [9.17, 15) is 4.79 Å². The summed E-state index contributed by atoms with van der Waals surface area (Å²) in [4.78, 5) is 22.5. The van der Waals surface area contributed by atoms with Crippen LogP contribution >= 0.6 is 11.3 Å². The highest BCUT2D eigenvalue weighted by Crippen LogP contribution is 2.29. The van der Waals surface area contributed by atoms with Gasteiger partial charge in [0.2, 0.25) is 0 Å². The van der Waals surface area contributed by atoms with Crippen LogP contribution in [0.2, 0.25) is 0 Å². The first kappa shape index (κ1) is 20.7. The first-order chi connectivity index (χ1) is 15.7. The molecule has 1 saturated heterocycles. The van der Waals surface area contributed by atoms with Gasteiger partial charge in [-0.2, -0.15) is 0 Å². The number of hydrogen-bond donors (Lipinski definition) is 0. The smallest absolute Gasteiger partial charge is 0.256 e. The fraction of sp³-hybridized carbons (Fsp3) is 0.280. The largest absolute Gasteiger partial charge is 0.486 e. The van der Waals surface area contributed by atoms with Crippen LogP contribution in [-0.2, 0) is 6.61 Å². The van der Waals surface area contributed by atoms with Crippen LogP contribution in [0, 0.1) is 0 Å². The Morgan fingerprint density at radius 3 is 2.78 bits per heavy atom. The van der Waals surface area contributed by atoms with Gasteiger partial charge in [0.15, 0.2) is 0 Å². The number of ether oxygens (including phenoxy) is 1. The molecule has 1 amide bonds. The molecule has 0 spiro atoms. The number of para-hydroxylation sites is 1. The molecule has 0 N–H and O–H groups in total. The van der Waals surface area contributed by atoms with E-state index in [0.717, 1.165) is 65.8 Å². The highest BCUT2D eigenvalue weighted by molar-refractivity contribution is 7.09. The van der Waals surface area contributed by atoms with Crippen molar-refractivity contribution in [1.82, 2.24) is 19.2 Å². The van der Waals surface area contributed by atoms with Crippen molar-refractivity contribution in [3.63, 3.8) is 0 Å². The summed E-state index contributed by atoms with van der Waals surface area (Å²) < 4.78 is 7.91. The van der Waals surface area contributed by atoms with Crippen LogP contribution in [0.1, 0.15) is 21.8 Å². The van der Waals surface area contributed by atoms with Gasteiger partial charge < -0.3 is 18.9 Å². The van der Waals surface area contributed by atoms with Gasteiger partial charge in [-0.05, 0) is 50.3 Å². The molecule has 0 radical (unpaired) electrons. The summed E-state index contributed by atoms with van der Waals surface area (Å²) in [5.74, 6) is 0.923. The number of nitrogens with zero attached hydrogens (tertiary/aromatic N) is 4. The van der Waals surface area contributed by atoms with Crippen molar-refractivity contribution in [2.24, 2.45) is 0 Å². The minimum absolute atomic E-state index is 0.0955. The number of aromatic nitrogens is 2. The quantitative estimate of drug-likeness (QED) is 0.455. The maximum absolute atomic E-state index is 13.4. The lowest BCUT2D eigenvalue weighted by atomic mass is 10.2. The third-order valence-corrected chi connectivity index (χ3v) is 6.66. The van der Waals surface area contributed by atoms with Gasteiger partial charge in [0.1, 0.15) is 17.4 Å². The third kappa shape index (κ3) is 4.26. The second-order valence-electron chi connectivity index (χ2n) is 8.08. The van der Waals surface area contributed by atoms with E-state index < -0.39 is 0 Å². The van der Waals surface area contributed by atoms with Crippen LogP contribution in [-0.4, -0.2) is 58.3 Å². The number of benzene rings is 1. The molecule has 7 heteroatoms. The molecule has 0 aliphatic carbocycles. The molecule has 6 nitrogen and oxygen atoms in total. The number of pyridine rings is 1. The standard InChI is InChI=1S/C25H26N4O2S/c1-27-11-7-12-28(15-14-27)25(30)20-16-23(29-13-6-5-10-22(20)29)21-18-32-24(26-21)17-31-19-8-3-2-4-9-19/h2-6,8-10,13,16,18H,7,11-12,14-15,17H2,1H3.